The van der Waals surface area contributed by atoms with Gasteiger partial charge in [-0.2, -0.15) is 5.10 Å². The zero-order valence-electron chi connectivity index (χ0n) is 19.1. The van der Waals surface area contributed by atoms with Crippen LogP contribution in [-0.4, -0.2) is 44.2 Å². The molecule has 11 heteroatoms. The molecule has 1 aliphatic heterocycles. The highest BCUT2D eigenvalue weighted by molar-refractivity contribution is 6.00. The fourth-order valence-corrected chi connectivity index (χ4v) is 4.24. The van der Waals surface area contributed by atoms with Crippen molar-refractivity contribution in [2.45, 2.75) is 19.5 Å². The third-order valence-electron chi connectivity index (χ3n) is 6.15. The van der Waals surface area contributed by atoms with Crippen molar-refractivity contribution in [1.82, 2.24) is 24.6 Å². The minimum absolute atomic E-state index is 0.0725. The van der Waals surface area contributed by atoms with Gasteiger partial charge in [-0.1, -0.05) is 12.1 Å². The highest BCUT2D eigenvalue weighted by Crippen LogP contribution is 2.25. The molecule has 5 rings (SSSR count). The van der Waals surface area contributed by atoms with Gasteiger partial charge in [-0.25, -0.2) is 18.4 Å². The van der Waals surface area contributed by atoms with Crippen LogP contribution < -0.4 is 15.8 Å². The van der Waals surface area contributed by atoms with Crippen LogP contribution in [0.1, 0.15) is 12.0 Å². The molecule has 0 saturated carbocycles. The van der Waals surface area contributed by atoms with Gasteiger partial charge in [-0.15, -0.1) is 0 Å². The second kappa shape index (κ2) is 9.68. The van der Waals surface area contributed by atoms with Crippen molar-refractivity contribution in [2.24, 2.45) is 5.92 Å². The molecule has 1 aliphatic rings. The van der Waals surface area contributed by atoms with Gasteiger partial charge in [0.15, 0.2) is 5.65 Å². The van der Waals surface area contributed by atoms with Crippen molar-refractivity contribution < 1.29 is 18.4 Å². The van der Waals surface area contributed by atoms with E-state index in [4.69, 9.17) is 0 Å². The quantitative estimate of drug-likeness (QED) is 0.426. The van der Waals surface area contributed by atoms with Crippen LogP contribution in [0.4, 0.5) is 14.5 Å². The van der Waals surface area contributed by atoms with Crippen molar-refractivity contribution in [3.05, 3.63) is 88.6 Å². The number of carbonyl (C=O) groups is 2. The van der Waals surface area contributed by atoms with Gasteiger partial charge < -0.3 is 10.2 Å². The Balaban J connectivity index is 1.19. The first-order valence-electron chi connectivity index (χ1n) is 11.4. The number of aromatic nitrogens is 4. The summed E-state index contributed by atoms with van der Waals surface area (Å²) in [5, 5.41) is 7.38. The summed E-state index contributed by atoms with van der Waals surface area (Å²) in [6, 6.07) is 11.4. The Kier molecular flexibility index (Phi) is 6.28. The summed E-state index contributed by atoms with van der Waals surface area (Å²) < 4.78 is 29.2. The van der Waals surface area contributed by atoms with Gasteiger partial charge in [-0.3, -0.25) is 19.0 Å². The van der Waals surface area contributed by atoms with E-state index in [0.29, 0.717) is 16.7 Å². The van der Waals surface area contributed by atoms with Crippen molar-refractivity contribution in [3.63, 3.8) is 0 Å². The first-order chi connectivity index (χ1) is 17.4. The van der Waals surface area contributed by atoms with E-state index >= 15 is 0 Å². The standard InChI is InChI=1S/C25H22F2N6O3/c26-18-3-1-16(2-4-18)13-31-15-29-23-21(25(31)36)12-30-33(23)10-9-28-24(35)17-11-22(34)32(14-17)20-7-5-19(27)6-8-20/h1-8,12,15,17H,9-11,13-14H2,(H,28,35). The van der Waals surface area contributed by atoms with Gasteiger partial charge in [0.2, 0.25) is 11.8 Å². The summed E-state index contributed by atoms with van der Waals surface area (Å²) in [6.45, 7) is 0.984. The van der Waals surface area contributed by atoms with Crippen LogP contribution in [0.2, 0.25) is 0 Å². The first-order valence-corrected chi connectivity index (χ1v) is 11.4. The minimum atomic E-state index is -0.520. The van der Waals surface area contributed by atoms with Gasteiger partial charge in [0.1, 0.15) is 23.3 Å². The van der Waals surface area contributed by atoms with Gasteiger partial charge in [0.25, 0.3) is 5.56 Å². The van der Waals surface area contributed by atoms with Crippen LogP contribution in [0.5, 0.6) is 0 Å². The maximum absolute atomic E-state index is 13.2. The Hall–Kier alpha value is -4.41. The number of rotatable bonds is 7. The van der Waals surface area contributed by atoms with E-state index in [0.717, 1.165) is 5.56 Å². The van der Waals surface area contributed by atoms with Crippen LogP contribution in [0, 0.1) is 17.6 Å². The summed E-state index contributed by atoms with van der Waals surface area (Å²) in [7, 11) is 0. The fraction of sp³-hybridized carbons (Fsp3) is 0.240. The molecule has 0 spiro atoms. The zero-order chi connectivity index (χ0) is 25.2. The molecule has 4 aromatic rings. The van der Waals surface area contributed by atoms with Crippen LogP contribution in [0.3, 0.4) is 0 Å². The number of amides is 2. The van der Waals surface area contributed by atoms with Gasteiger partial charge >= 0.3 is 0 Å². The molecular formula is C25H22F2N6O3. The van der Waals surface area contributed by atoms with Crippen LogP contribution in [0.15, 0.2) is 65.8 Å². The number of nitrogens with one attached hydrogen (secondary N) is 1. The van der Waals surface area contributed by atoms with E-state index in [2.05, 4.69) is 15.4 Å². The van der Waals surface area contributed by atoms with Crippen LogP contribution >= 0.6 is 0 Å². The Morgan fingerprint density at radius 2 is 1.72 bits per heavy atom. The minimum Gasteiger partial charge on any atom is -0.354 e. The Bertz CT molecular complexity index is 1480. The average Bonchev–Trinajstić information content (AvgIpc) is 3.47. The third-order valence-corrected chi connectivity index (χ3v) is 6.15. The lowest BCUT2D eigenvalue weighted by Gasteiger charge is -2.16. The molecule has 1 saturated heterocycles. The molecule has 2 amide bonds. The Labute approximate surface area is 204 Å². The predicted octanol–water partition coefficient (Wildman–Crippen LogP) is 2.09. The van der Waals surface area contributed by atoms with Gasteiger partial charge in [0, 0.05) is 25.2 Å². The average molecular weight is 492 g/mol. The third kappa shape index (κ3) is 4.72. The first kappa shape index (κ1) is 23.3. The number of carbonyl (C=O) groups excluding carboxylic acids is 2. The van der Waals surface area contributed by atoms with Crippen molar-refractivity contribution >= 4 is 28.5 Å². The molecular weight excluding hydrogens is 470 g/mol. The SMILES string of the molecule is O=C(NCCn1ncc2c(=O)n(Cc3ccc(F)cc3)cnc21)C1CC(=O)N(c2ccc(F)cc2)C1. The number of fused-ring (bicyclic) bond motifs is 1. The molecule has 2 aromatic heterocycles. The molecule has 1 N–H and O–H groups in total. The lowest BCUT2D eigenvalue weighted by molar-refractivity contribution is -0.126. The number of nitrogens with zero attached hydrogens (tertiary/aromatic N) is 5. The van der Waals surface area contributed by atoms with E-state index in [1.807, 2.05) is 0 Å². The van der Waals surface area contributed by atoms with Crippen LogP contribution in [-0.2, 0) is 22.7 Å². The molecule has 2 aromatic carbocycles. The number of hydrogen-bond donors (Lipinski definition) is 1. The summed E-state index contributed by atoms with van der Waals surface area (Å²) in [5.74, 6) is -1.72. The van der Waals surface area contributed by atoms with Crippen molar-refractivity contribution in [3.8, 4) is 0 Å². The van der Waals surface area contributed by atoms with Gasteiger partial charge in [0.05, 0.1) is 25.2 Å². The van der Waals surface area contributed by atoms with E-state index in [1.54, 1.807) is 12.1 Å². The normalized spacial score (nSPS) is 15.6. The monoisotopic (exact) mass is 492 g/mol. The van der Waals surface area contributed by atoms with E-state index < -0.39 is 11.7 Å². The molecule has 1 fully saturated rings. The molecule has 36 heavy (non-hydrogen) atoms. The molecule has 1 unspecified atom stereocenters. The second-order valence-electron chi connectivity index (χ2n) is 8.58. The maximum atomic E-state index is 13.2. The van der Waals surface area contributed by atoms with E-state index in [1.165, 1.54) is 63.1 Å². The topological polar surface area (TPSA) is 102 Å². The summed E-state index contributed by atoms with van der Waals surface area (Å²) in [4.78, 5) is 43.6. The van der Waals surface area contributed by atoms with Crippen molar-refractivity contribution in [2.75, 3.05) is 18.0 Å². The number of anilines is 1. The predicted molar refractivity (Wildman–Crippen MR) is 127 cm³/mol. The van der Waals surface area contributed by atoms with E-state index in [9.17, 15) is 23.2 Å². The molecule has 0 radical (unpaired) electrons. The summed E-state index contributed by atoms with van der Waals surface area (Å²) >= 11 is 0. The smallest absolute Gasteiger partial charge is 0.264 e. The number of benzene rings is 2. The molecule has 0 bridgehead atoms. The van der Waals surface area contributed by atoms with E-state index in [-0.39, 0.29) is 55.8 Å². The maximum Gasteiger partial charge on any atom is 0.264 e. The van der Waals surface area contributed by atoms with Crippen molar-refractivity contribution in [1.29, 1.82) is 0 Å². The zero-order valence-corrected chi connectivity index (χ0v) is 19.1. The fourth-order valence-electron chi connectivity index (χ4n) is 4.24. The van der Waals surface area contributed by atoms with Crippen LogP contribution in [0.25, 0.3) is 11.0 Å². The lowest BCUT2D eigenvalue weighted by atomic mass is 10.1. The number of hydrogen-bond acceptors (Lipinski definition) is 5. The number of halogens is 2. The summed E-state index contributed by atoms with van der Waals surface area (Å²) in [5.41, 5.74) is 1.43. The molecule has 0 aliphatic carbocycles. The highest BCUT2D eigenvalue weighted by atomic mass is 19.1. The largest absolute Gasteiger partial charge is 0.354 e. The summed E-state index contributed by atoms with van der Waals surface area (Å²) in [6.07, 6.45) is 2.92. The molecule has 184 valence electrons. The lowest BCUT2D eigenvalue weighted by Crippen LogP contribution is -2.35. The molecule has 3 heterocycles. The Morgan fingerprint density at radius 3 is 2.44 bits per heavy atom. The highest BCUT2D eigenvalue weighted by Gasteiger charge is 2.35. The molecule has 1 atom stereocenters. The molecule has 9 nitrogen and oxygen atoms in total. The second-order valence-corrected chi connectivity index (χ2v) is 8.58. The Morgan fingerprint density at radius 1 is 1.03 bits per heavy atom. The van der Waals surface area contributed by atoms with Gasteiger partial charge in [-0.05, 0) is 42.0 Å².